The van der Waals surface area contributed by atoms with Gasteiger partial charge in [0.05, 0.1) is 11.9 Å². The first-order chi connectivity index (χ1) is 13.9. The normalized spacial score (nSPS) is 18.1. The van der Waals surface area contributed by atoms with Gasteiger partial charge in [0.2, 0.25) is 11.4 Å². The van der Waals surface area contributed by atoms with Crippen LogP contribution >= 0.6 is 0 Å². The van der Waals surface area contributed by atoms with E-state index < -0.39 is 35.5 Å². The Bertz CT molecular complexity index is 1030. The number of fused-ring (bicyclic) bond motifs is 1. The van der Waals surface area contributed by atoms with Gasteiger partial charge >= 0.3 is 12.4 Å². The molecular formula is C17H14F7N5O. The lowest BCUT2D eigenvalue weighted by atomic mass is 9.79. The molecule has 0 amide bonds. The molecule has 0 saturated heterocycles. The molecule has 0 unspecified atom stereocenters. The topological polar surface area (TPSA) is 64.7 Å². The minimum atomic E-state index is -4.79. The molecule has 6 nitrogen and oxygen atoms in total. The van der Waals surface area contributed by atoms with Crippen molar-refractivity contribution >= 4 is 17.9 Å². The fourth-order valence-electron chi connectivity index (χ4n) is 2.81. The summed E-state index contributed by atoms with van der Waals surface area (Å²) in [5, 5.41) is 6.39. The van der Waals surface area contributed by atoms with Crippen LogP contribution in [-0.4, -0.2) is 38.1 Å². The van der Waals surface area contributed by atoms with E-state index in [1.54, 1.807) is 0 Å². The van der Waals surface area contributed by atoms with Crippen molar-refractivity contribution in [2.24, 2.45) is 4.99 Å². The van der Waals surface area contributed by atoms with Crippen LogP contribution in [0.5, 0.6) is 0 Å². The molecular weight excluding hydrogens is 423 g/mol. The van der Waals surface area contributed by atoms with E-state index >= 15 is 0 Å². The molecule has 1 aliphatic rings. The Morgan fingerprint density at radius 2 is 1.90 bits per heavy atom. The van der Waals surface area contributed by atoms with E-state index in [-0.39, 0.29) is 36.2 Å². The number of alkyl halides is 6. The van der Waals surface area contributed by atoms with Gasteiger partial charge in [-0.2, -0.15) is 26.3 Å². The molecule has 0 bridgehead atoms. The van der Waals surface area contributed by atoms with Crippen LogP contribution < -0.4 is 0 Å². The second-order valence-corrected chi connectivity index (χ2v) is 6.61. The highest BCUT2D eigenvalue weighted by molar-refractivity contribution is 5.63. The fraction of sp³-hybridized carbons (Fsp3) is 0.412. The highest BCUT2D eigenvalue weighted by Gasteiger charge is 2.61. The summed E-state index contributed by atoms with van der Waals surface area (Å²) in [6, 6.07) is 0. The van der Waals surface area contributed by atoms with Crippen LogP contribution in [0.2, 0.25) is 0 Å². The molecule has 2 heterocycles. The van der Waals surface area contributed by atoms with Gasteiger partial charge in [-0.05, 0) is 44.6 Å². The SMILES string of the molecule is C=N/C(OC1(C(F)(F)F)CCC1)=C(F)\C=C(/C)c1cn2c(C(F)(F)F)nnc2cn1. The molecule has 2 aromatic rings. The van der Waals surface area contributed by atoms with Crippen LogP contribution in [0.25, 0.3) is 11.2 Å². The molecule has 0 radical (unpaired) electrons. The van der Waals surface area contributed by atoms with Crippen LogP contribution in [0.1, 0.15) is 37.7 Å². The lowest BCUT2D eigenvalue weighted by Crippen LogP contribution is -2.52. The molecule has 2 aromatic heterocycles. The number of hydrogen-bond donors (Lipinski definition) is 0. The van der Waals surface area contributed by atoms with E-state index in [9.17, 15) is 30.7 Å². The standard InChI is InChI=1S/C17H14F7N5O/c1-9(11-8-29-12(7-26-11)27-28-14(29)16(19,20)21)6-10(18)13(25-2)30-15(4-3-5-15)17(22,23)24/h6-8H,2-5H2,1H3/b9-6+,13-10-. The number of rotatable bonds is 5. The van der Waals surface area contributed by atoms with Crippen LogP contribution in [0.3, 0.4) is 0 Å². The Morgan fingerprint density at radius 3 is 2.40 bits per heavy atom. The maximum Gasteiger partial charge on any atom is 0.452 e. The summed E-state index contributed by atoms with van der Waals surface area (Å²) < 4.78 is 98.6. The first-order valence-electron chi connectivity index (χ1n) is 8.47. The zero-order valence-corrected chi connectivity index (χ0v) is 15.4. The Hall–Kier alpha value is -2.99. The van der Waals surface area contributed by atoms with Gasteiger partial charge in [-0.15, -0.1) is 10.2 Å². The van der Waals surface area contributed by atoms with Crippen LogP contribution in [0.4, 0.5) is 30.7 Å². The van der Waals surface area contributed by atoms with Gasteiger partial charge in [0.25, 0.3) is 5.88 Å². The van der Waals surface area contributed by atoms with Gasteiger partial charge in [0.15, 0.2) is 11.5 Å². The Morgan fingerprint density at radius 1 is 1.23 bits per heavy atom. The van der Waals surface area contributed by atoms with E-state index in [0.717, 1.165) is 18.5 Å². The number of ether oxygens (including phenoxy) is 1. The monoisotopic (exact) mass is 437 g/mol. The second-order valence-electron chi connectivity index (χ2n) is 6.61. The summed E-state index contributed by atoms with van der Waals surface area (Å²) in [5.74, 6) is -3.55. The van der Waals surface area contributed by atoms with E-state index in [2.05, 4.69) is 26.9 Å². The highest BCUT2D eigenvalue weighted by atomic mass is 19.4. The molecule has 3 rings (SSSR count). The largest absolute Gasteiger partial charge is 0.459 e. The molecule has 1 aliphatic carbocycles. The van der Waals surface area contributed by atoms with Gasteiger partial charge in [0, 0.05) is 6.20 Å². The summed E-state index contributed by atoms with van der Waals surface area (Å²) in [7, 11) is 0. The van der Waals surface area contributed by atoms with Crippen molar-refractivity contribution in [2.75, 3.05) is 0 Å². The molecule has 30 heavy (non-hydrogen) atoms. The molecule has 1 fully saturated rings. The van der Waals surface area contributed by atoms with Gasteiger partial charge in [0.1, 0.15) is 0 Å². The average Bonchev–Trinajstić information content (AvgIpc) is 3.03. The lowest BCUT2D eigenvalue weighted by Gasteiger charge is -2.42. The minimum absolute atomic E-state index is 0.00403. The number of aliphatic imine (C=N–C) groups is 1. The van der Waals surface area contributed by atoms with E-state index in [4.69, 9.17) is 4.74 Å². The first kappa shape index (κ1) is 21.7. The maximum atomic E-state index is 14.5. The van der Waals surface area contributed by atoms with E-state index in [0.29, 0.717) is 4.40 Å². The first-order valence-corrected chi connectivity index (χ1v) is 8.47. The molecule has 13 heteroatoms. The van der Waals surface area contributed by atoms with E-state index in [1.165, 1.54) is 6.92 Å². The van der Waals surface area contributed by atoms with E-state index in [1.807, 2.05) is 0 Å². The van der Waals surface area contributed by atoms with Crippen LogP contribution in [-0.2, 0) is 10.9 Å². The van der Waals surface area contributed by atoms with Crippen LogP contribution in [0.15, 0.2) is 35.2 Å². The molecule has 0 aromatic carbocycles. The molecule has 0 spiro atoms. The predicted octanol–water partition coefficient (Wildman–Crippen LogP) is 4.89. The highest BCUT2D eigenvalue weighted by Crippen LogP contribution is 2.49. The van der Waals surface area contributed by atoms with Crippen molar-refractivity contribution in [1.82, 2.24) is 19.6 Å². The zero-order valence-electron chi connectivity index (χ0n) is 15.4. The maximum absolute atomic E-state index is 14.5. The number of halogens is 7. The van der Waals surface area contributed by atoms with Crippen molar-refractivity contribution in [3.8, 4) is 0 Å². The fourth-order valence-corrected chi connectivity index (χ4v) is 2.81. The summed E-state index contributed by atoms with van der Waals surface area (Å²) in [5.41, 5.74) is -2.83. The smallest absolute Gasteiger partial charge is 0.452 e. The minimum Gasteiger partial charge on any atom is -0.459 e. The predicted molar refractivity (Wildman–Crippen MR) is 90.8 cm³/mol. The van der Waals surface area contributed by atoms with Crippen molar-refractivity contribution in [1.29, 1.82) is 0 Å². The zero-order chi connectivity index (χ0) is 22.3. The van der Waals surface area contributed by atoms with Crippen molar-refractivity contribution in [3.63, 3.8) is 0 Å². The summed E-state index contributed by atoms with van der Waals surface area (Å²) in [4.78, 5) is 7.06. The van der Waals surface area contributed by atoms with Gasteiger partial charge in [-0.1, -0.05) is 0 Å². The molecule has 1 saturated carbocycles. The van der Waals surface area contributed by atoms with Crippen LogP contribution in [0, 0.1) is 0 Å². The lowest BCUT2D eigenvalue weighted by molar-refractivity contribution is -0.292. The second kappa shape index (κ2) is 7.36. The number of hydrogen-bond acceptors (Lipinski definition) is 5. The number of aromatic nitrogens is 4. The summed E-state index contributed by atoms with van der Waals surface area (Å²) >= 11 is 0. The summed E-state index contributed by atoms with van der Waals surface area (Å²) in [6.45, 7) is 4.33. The average molecular weight is 437 g/mol. The van der Waals surface area contributed by atoms with Gasteiger partial charge in [-0.25, -0.2) is 9.38 Å². The third-order valence-corrected chi connectivity index (χ3v) is 4.61. The van der Waals surface area contributed by atoms with Gasteiger partial charge in [-0.3, -0.25) is 9.38 Å². The Balaban J connectivity index is 1.95. The number of allylic oxidation sites excluding steroid dienone is 3. The molecule has 0 N–H and O–H groups in total. The van der Waals surface area contributed by atoms with Crippen molar-refractivity contribution < 1.29 is 35.5 Å². The quantitative estimate of drug-likeness (QED) is 0.289. The third kappa shape index (κ3) is 3.87. The van der Waals surface area contributed by atoms with Crippen molar-refractivity contribution in [3.05, 3.63) is 41.7 Å². The Labute approximate surface area is 164 Å². The van der Waals surface area contributed by atoms with Gasteiger partial charge < -0.3 is 4.74 Å². The third-order valence-electron chi connectivity index (χ3n) is 4.61. The summed E-state index contributed by atoms with van der Waals surface area (Å²) in [6.07, 6.45) is -7.29. The molecule has 0 atom stereocenters. The number of nitrogens with zero attached hydrogens (tertiary/aromatic N) is 5. The Kier molecular flexibility index (Phi) is 5.33. The van der Waals surface area contributed by atoms with Crippen molar-refractivity contribution in [2.45, 2.75) is 44.1 Å². The molecule has 162 valence electrons. The molecule has 0 aliphatic heterocycles.